The van der Waals surface area contributed by atoms with Gasteiger partial charge >= 0.3 is 0 Å². The average molecular weight is 319 g/mol. The lowest BCUT2D eigenvalue weighted by Crippen LogP contribution is -2.49. The Morgan fingerprint density at radius 1 is 1.26 bits per heavy atom. The van der Waals surface area contributed by atoms with Gasteiger partial charge < -0.3 is 14.2 Å². The van der Waals surface area contributed by atoms with E-state index >= 15 is 0 Å². The first kappa shape index (κ1) is 16.5. The number of hydrogen-bond donors (Lipinski definition) is 0. The van der Waals surface area contributed by atoms with Gasteiger partial charge in [-0.15, -0.1) is 0 Å². The standard InChI is InChI=1S/C18H29N3O2/c1-14-6-9-17(23-14)12-21(15-7-8-15)18(22)13-20-10-4-5-16(11-20)19(2)3/h6,9,15-16H,4-5,7-8,10-13H2,1-3H3. The Bertz CT molecular complexity index is 536. The molecule has 0 spiro atoms. The summed E-state index contributed by atoms with van der Waals surface area (Å²) in [6, 6.07) is 4.94. The van der Waals surface area contributed by atoms with Crippen LogP contribution in [-0.4, -0.2) is 66.4 Å². The zero-order valence-corrected chi connectivity index (χ0v) is 14.6. The predicted molar refractivity (Wildman–Crippen MR) is 90.2 cm³/mol. The Hall–Kier alpha value is -1.33. The maximum absolute atomic E-state index is 12.8. The van der Waals surface area contributed by atoms with Crippen LogP contribution in [0.5, 0.6) is 0 Å². The molecule has 23 heavy (non-hydrogen) atoms. The molecule has 1 aliphatic carbocycles. The normalized spacial score (nSPS) is 22.5. The molecular weight excluding hydrogens is 290 g/mol. The first-order chi connectivity index (χ1) is 11.0. The number of amides is 1. The topological polar surface area (TPSA) is 39.9 Å². The molecule has 1 aromatic rings. The molecule has 1 unspecified atom stereocenters. The van der Waals surface area contributed by atoms with Crippen LogP contribution in [0, 0.1) is 6.92 Å². The van der Waals surface area contributed by atoms with Crippen LogP contribution in [0.25, 0.3) is 0 Å². The number of carbonyl (C=O) groups is 1. The van der Waals surface area contributed by atoms with Crippen LogP contribution in [0.4, 0.5) is 0 Å². The van der Waals surface area contributed by atoms with Gasteiger partial charge in [0.2, 0.25) is 5.91 Å². The SMILES string of the molecule is Cc1ccc(CN(C(=O)CN2CCCC(N(C)C)C2)C2CC2)o1. The number of carbonyl (C=O) groups excluding carboxylic acids is 1. The molecule has 2 aliphatic rings. The summed E-state index contributed by atoms with van der Waals surface area (Å²) in [4.78, 5) is 19.4. The fourth-order valence-electron chi connectivity index (χ4n) is 3.42. The van der Waals surface area contributed by atoms with Crippen LogP contribution in [-0.2, 0) is 11.3 Å². The molecule has 1 saturated heterocycles. The molecule has 1 aliphatic heterocycles. The summed E-state index contributed by atoms with van der Waals surface area (Å²) >= 11 is 0. The zero-order valence-electron chi connectivity index (χ0n) is 14.6. The third-order valence-electron chi connectivity index (χ3n) is 5.00. The number of likely N-dealkylation sites (tertiary alicyclic amines) is 1. The molecule has 0 bridgehead atoms. The Kier molecular flexibility index (Phi) is 5.07. The predicted octanol–water partition coefficient (Wildman–Crippen LogP) is 2.11. The largest absolute Gasteiger partial charge is 0.464 e. The van der Waals surface area contributed by atoms with E-state index in [9.17, 15) is 4.79 Å². The highest BCUT2D eigenvalue weighted by Gasteiger charge is 2.34. The van der Waals surface area contributed by atoms with Gasteiger partial charge in [-0.3, -0.25) is 9.69 Å². The molecular formula is C18H29N3O2. The zero-order chi connectivity index (χ0) is 16.4. The highest BCUT2D eigenvalue weighted by molar-refractivity contribution is 5.79. The molecule has 0 radical (unpaired) electrons. The molecule has 1 aromatic heterocycles. The van der Waals surface area contributed by atoms with Crippen LogP contribution in [0.3, 0.4) is 0 Å². The quantitative estimate of drug-likeness (QED) is 0.805. The van der Waals surface area contributed by atoms with Crippen molar-refractivity contribution in [3.05, 3.63) is 23.7 Å². The Balaban J connectivity index is 1.58. The third kappa shape index (κ3) is 4.36. The van der Waals surface area contributed by atoms with Crippen molar-refractivity contribution in [2.75, 3.05) is 33.7 Å². The summed E-state index contributed by atoms with van der Waals surface area (Å²) in [5.41, 5.74) is 0. The molecule has 1 saturated carbocycles. The van der Waals surface area contributed by atoms with Crippen molar-refractivity contribution in [2.24, 2.45) is 0 Å². The number of piperidine rings is 1. The van der Waals surface area contributed by atoms with E-state index in [1.54, 1.807) is 0 Å². The molecule has 5 heteroatoms. The Labute approximate surface area is 139 Å². The van der Waals surface area contributed by atoms with Gasteiger partial charge in [0.1, 0.15) is 11.5 Å². The van der Waals surface area contributed by atoms with Gasteiger partial charge in [0.05, 0.1) is 13.1 Å². The van der Waals surface area contributed by atoms with Crippen LogP contribution in [0.1, 0.15) is 37.2 Å². The number of furan rings is 1. The number of nitrogens with zero attached hydrogens (tertiary/aromatic N) is 3. The molecule has 128 valence electrons. The van der Waals surface area contributed by atoms with Crippen molar-refractivity contribution in [1.29, 1.82) is 0 Å². The second-order valence-corrected chi connectivity index (χ2v) is 7.26. The summed E-state index contributed by atoms with van der Waals surface area (Å²) in [6.45, 7) is 5.14. The number of hydrogen-bond acceptors (Lipinski definition) is 4. The van der Waals surface area contributed by atoms with Crippen LogP contribution in [0.15, 0.2) is 16.5 Å². The van der Waals surface area contributed by atoms with Gasteiger partial charge in [0, 0.05) is 18.6 Å². The molecule has 2 heterocycles. The minimum Gasteiger partial charge on any atom is -0.464 e. The number of aryl methyl sites for hydroxylation is 1. The average Bonchev–Trinajstić information content (AvgIpc) is 3.27. The lowest BCUT2D eigenvalue weighted by atomic mass is 10.0. The molecule has 1 amide bonds. The van der Waals surface area contributed by atoms with E-state index < -0.39 is 0 Å². The van der Waals surface area contributed by atoms with Gasteiger partial charge in [0.25, 0.3) is 0 Å². The summed E-state index contributed by atoms with van der Waals surface area (Å²) in [5.74, 6) is 2.06. The third-order valence-corrected chi connectivity index (χ3v) is 5.00. The van der Waals surface area contributed by atoms with E-state index in [1.807, 2.05) is 24.0 Å². The van der Waals surface area contributed by atoms with Crippen molar-refractivity contribution < 1.29 is 9.21 Å². The van der Waals surface area contributed by atoms with Crippen molar-refractivity contribution >= 4 is 5.91 Å². The van der Waals surface area contributed by atoms with Crippen LogP contribution >= 0.6 is 0 Å². The lowest BCUT2D eigenvalue weighted by molar-refractivity contribution is -0.134. The first-order valence-electron chi connectivity index (χ1n) is 8.76. The van der Waals surface area contributed by atoms with Crippen molar-refractivity contribution in [2.45, 2.75) is 51.2 Å². The minimum atomic E-state index is 0.251. The van der Waals surface area contributed by atoms with E-state index in [2.05, 4.69) is 23.9 Å². The second kappa shape index (κ2) is 7.05. The highest BCUT2D eigenvalue weighted by Crippen LogP contribution is 2.29. The van der Waals surface area contributed by atoms with Crippen molar-refractivity contribution in [3.63, 3.8) is 0 Å². The van der Waals surface area contributed by atoms with Gasteiger partial charge in [0.15, 0.2) is 0 Å². The smallest absolute Gasteiger partial charge is 0.237 e. The Morgan fingerprint density at radius 2 is 2.04 bits per heavy atom. The highest BCUT2D eigenvalue weighted by atomic mass is 16.3. The Morgan fingerprint density at radius 3 is 2.65 bits per heavy atom. The van der Waals surface area contributed by atoms with E-state index in [0.29, 0.717) is 25.2 Å². The summed E-state index contributed by atoms with van der Waals surface area (Å²) in [6.07, 6.45) is 4.67. The molecule has 0 aromatic carbocycles. The van der Waals surface area contributed by atoms with Crippen molar-refractivity contribution in [1.82, 2.24) is 14.7 Å². The summed E-state index contributed by atoms with van der Waals surface area (Å²) < 4.78 is 5.67. The number of rotatable bonds is 6. The second-order valence-electron chi connectivity index (χ2n) is 7.26. The lowest BCUT2D eigenvalue weighted by Gasteiger charge is -2.36. The fourth-order valence-corrected chi connectivity index (χ4v) is 3.42. The van der Waals surface area contributed by atoms with Gasteiger partial charge in [-0.1, -0.05) is 0 Å². The number of likely N-dealkylation sites (N-methyl/N-ethyl adjacent to an activating group) is 1. The summed E-state index contributed by atoms with van der Waals surface area (Å²) in [7, 11) is 4.26. The van der Waals surface area contributed by atoms with E-state index in [0.717, 1.165) is 37.5 Å². The van der Waals surface area contributed by atoms with Gasteiger partial charge in [-0.2, -0.15) is 0 Å². The molecule has 2 fully saturated rings. The van der Waals surface area contributed by atoms with Crippen molar-refractivity contribution in [3.8, 4) is 0 Å². The minimum absolute atomic E-state index is 0.251. The maximum Gasteiger partial charge on any atom is 0.237 e. The molecule has 0 N–H and O–H groups in total. The van der Waals surface area contributed by atoms with Gasteiger partial charge in [-0.25, -0.2) is 0 Å². The van der Waals surface area contributed by atoms with Crippen LogP contribution < -0.4 is 0 Å². The van der Waals surface area contributed by atoms with Crippen LogP contribution in [0.2, 0.25) is 0 Å². The first-order valence-corrected chi connectivity index (χ1v) is 8.76. The summed E-state index contributed by atoms with van der Waals surface area (Å²) in [5, 5.41) is 0. The molecule has 1 atom stereocenters. The fraction of sp³-hybridized carbons (Fsp3) is 0.722. The van der Waals surface area contributed by atoms with E-state index in [4.69, 9.17) is 4.42 Å². The van der Waals surface area contributed by atoms with Gasteiger partial charge in [-0.05, 0) is 65.4 Å². The maximum atomic E-state index is 12.8. The molecule has 3 rings (SSSR count). The van der Waals surface area contributed by atoms with E-state index in [-0.39, 0.29) is 5.91 Å². The molecule has 5 nitrogen and oxygen atoms in total. The van der Waals surface area contributed by atoms with E-state index in [1.165, 1.54) is 12.8 Å². The monoisotopic (exact) mass is 319 g/mol.